The van der Waals surface area contributed by atoms with Crippen LogP contribution in [0.15, 0.2) is 48.7 Å². The van der Waals surface area contributed by atoms with Crippen LogP contribution in [0, 0.1) is 5.92 Å². The fourth-order valence-electron chi connectivity index (χ4n) is 3.31. The van der Waals surface area contributed by atoms with Crippen molar-refractivity contribution in [1.29, 1.82) is 0 Å². The molecule has 2 aliphatic rings. The van der Waals surface area contributed by atoms with Crippen molar-refractivity contribution in [3.05, 3.63) is 54.4 Å². The lowest BCUT2D eigenvalue weighted by Crippen LogP contribution is -2.52. The van der Waals surface area contributed by atoms with Crippen molar-refractivity contribution >= 4 is 5.91 Å². The van der Waals surface area contributed by atoms with E-state index in [1.807, 2.05) is 46.1 Å². The molecular weight excluding hydrogens is 316 g/mol. The SMILES string of the molecule is O=C(C1CC=CCC1)N1CC(n2cc(COc3ccccc3)nn2)C1. The second-order valence-corrected chi connectivity index (χ2v) is 6.67. The molecule has 130 valence electrons. The first-order valence-corrected chi connectivity index (χ1v) is 8.82. The Hall–Kier alpha value is -2.63. The van der Waals surface area contributed by atoms with E-state index >= 15 is 0 Å². The molecule has 1 saturated heterocycles. The second-order valence-electron chi connectivity index (χ2n) is 6.67. The summed E-state index contributed by atoms with van der Waals surface area (Å²) in [5.41, 5.74) is 0.797. The fraction of sp³-hybridized carbons (Fsp3) is 0.421. The van der Waals surface area contributed by atoms with Gasteiger partial charge in [0, 0.05) is 19.0 Å². The highest BCUT2D eigenvalue weighted by Crippen LogP contribution is 2.27. The van der Waals surface area contributed by atoms with Crippen LogP contribution in [0.1, 0.15) is 31.0 Å². The van der Waals surface area contributed by atoms with Crippen LogP contribution in [0.2, 0.25) is 0 Å². The third kappa shape index (κ3) is 3.57. The molecule has 0 saturated carbocycles. The van der Waals surface area contributed by atoms with Crippen LogP contribution in [0.3, 0.4) is 0 Å². The average molecular weight is 338 g/mol. The van der Waals surface area contributed by atoms with E-state index in [-0.39, 0.29) is 17.9 Å². The number of aromatic nitrogens is 3. The molecule has 1 aromatic carbocycles. The zero-order chi connectivity index (χ0) is 17.1. The van der Waals surface area contributed by atoms with Crippen LogP contribution in [0.25, 0.3) is 0 Å². The summed E-state index contributed by atoms with van der Waals surface area (Å²) in [5.74, 6) is 1.27. The topological polar surface area (TPSA) is 60.2 Å². The van der Waals surface area contributed by atoms with Gasteiger partial charge in [0.05, 0.1) is 12.2 Å². The molecule has 2 aromatic rings. The number of amides is 1. The van der Waals surface area contributed by atoms with Crippen molar-refractivity contribution < 1.29 is 9.53 Å². The Morgan fingerprint density at radius 3 is 2.80 bits per heavy atom. The summed E-state index contributed by atoms with van der Waals surface area (Å²) in [6, 6.07) is 9.89. The molecule has 0 spiro atoms. The highest BCUT2D eigenvalue weighted by atomic mass is 16.5. The summed E-state index contributed by atoms with van der Waals surface area (Å²) in [5, 5.41) is 8.36. The van der Waals surface area contributed by atoms with Crippen LogP contribution in [-0.4, -0.2) is 38.9 Å². The Bertz CT molecular complexity index is 750. The quantitative estimate of drug-likeness (QED) is 0.786. The summed E-state index contributed by atoms with van der Waals surface area (Å²) >= 11 is 0. The van der Waals surface area contributed by atoms with E-state index in [0.29, 0.717) is 6.61 Å². The number of carbonyl (C=O) groups excluding carboxylic acids is 1. The maximum Gasteiger partial charge on any atom is 0.226 e. The molecule has 2 heterocycles. The van der Waals surface area contributed by atoms with E-state index in [1.165, 1.54) is 0 Å². The number of benzene rings is 1. The van der Waals surface area contributed by atoms with Crippen molar-refractivity contribution in [3.8, 4) is 5.75 Å². The minimum absolute atomic E-state index is 0.163. The normalized spacial score (nSPS) is 20.3. The number of ether oxygens (including phenoxy) is 1. The molecular formula is C19H22N4O2. The molecule has 0 radical (unpaired) electrons. The van der Waals surface area contributed by atoms with Gasteiger partial charge >= 0.3 is 0 Å². The van der Waals surface area contributed by atoms with Crippen LogP contribution >= 0.6 is 0 Å². The fourth-order valence-corrected chi connectivity index (χ4v) is 3.31. The first kappa shape index (κ1) is 15.9. The number of allylic oxidation sites excluding steroid dienone is 2. The van der Waals surface area contributed by atoms with Crippen LogP contribution in [0.5, 0.6) is 5.75 Å². The van der Waals surface area contributed by atoms with Crippen LogP contribution in [-0.2, 0) is 11.4 Å². The Morgan fingerprint density at radius 2 is 2.04 bits per heavy atom. The summed E-state index contributed by atoms with van der Waals surface area (Å²) in [6.45, 7) is 1.84. The minimum atomic E-state index is 0.163. The molecule has 1 fully saturated rings. The number of rotatable bonds is 5. The number of carbonyl (C=O) groups is 1. The van der Waals surface area contributed by atoms with Gasteiger partial charge in [-0.05, 0) is 31.4 Å². The van der Waals surface area contributed by atoms with E-state index in [1.54, 1.807) is 0 Å². The first-order chi connectivity index (χ1) is 12.3. The summed E-state index contributed by atoms with van der Waals surface area (Å²) in [7, 11) is 0. The Labute approximate surface area is 147 Å². The predicted molar refractivity (Wildman–Crippen MR) is 92.9 cm³/mol. The van der Waals surface area contributed by atoms with E-state index in [2.05, 4.69) is 22.5 Å². The highest BCUT2D eigenvalue weighted by Gasteiger charge is 2.35. The van der Waals surface area contributed by atoms with Crippen molar-refractivity contribution in [2.24, 2.45) is 5.92 Å². The third-order valence-electron chi connectivity index (χ3n) is 4.85. The van der Waals surface area contributed by atoms with Gasteiger partial charge in [0.25, 0.3) is 0 Å². The largest absolute Gasteiger partial charge is 0.487 e. The van der Waals surface area contributed by atoms with Gasteiger partial charge in [0.2, 0.25) is 5.91 Å². The van der Waals surface area contributed by atoms with Crippen molar-refractivity contribution in [2.45, 2.75) is 31.9 Å². The zero-order valence-electron chi connectivity index (χ0n) is 14.1. The maximum atomic E-state index is 12.4. The standard InChI is InChI=1S/C19H22N4O2/c24-19(15-7-3-1-4-8-15)22-12-17(13-22)23-11-16(20-21-23)14-25-18-9-5-2-6-10-18/h1-3,5-6,9-11,15,17H,4,7-8,12-14H2. The molecule has 25 heavy (non-hydrogen) atoms. The smallest absolute Gasteiger partial charge is 0.226 e. The van der Waals surface area contributed by atoms with Gasteiger partial charge in [-0.1, -0.05) is 35.6 Å². The van der Waals surface area contributed by atoms with Gasteiger partial charge in [-0.3, -0.25) is 4.79 Å². The summed E-state index contributed by atoms with van der Waals surface area (Å²) in [6.07, 6.45) is 9.07. The van der Waals surface area contributed by atoms with Gasteiger partial charge in [-0.2, -0.15) is 0 Å². The predicted octanol–water partition coefficient (Wildman–Crippen LogP) is 2.60. The maximum absolute atomic E-state index is 12.4. The molecule has 4 rings (SSSR count). The Morgan fingerprint density at radius 1 is 1.20 bits per heavy atom. The highest BCUT2D eigenvalue weighted by molar-refractivity contribution is 5.80. The van der Waals surface area contributed by atoms with Crippen LogP contribution in [0.4, 0.5) is 0 Å². The molecule has 1 aromatic heterocycles. The lowest BCUT2D eigenvalue weighted by molar-refractivity contribution is -0.141. The van der Waals surface area contributed by atoms with Crippen molar-refractivity contribution in [2.75, 3.05) is 13.1 Å². The third-order valence-corrected chi connectivity index (χ3v) is 4.85. The monoisotopic (exact) mass is 338 g/mol. The van der Waals surface area contributed by atoms with Gasteiger partial charge < -0.3 is 9.64 Å². The molecule has 1 atom stereocenters. The summed E-state index contributed by atoms with van der Waals surface area (Å²) in [4.78, 5) is 14.4. The van der Waals surface area contributed by atoms with Gasteiger partial charge in [-0.15, -0.1) is 5.10 Å². The van der Waals surface area contributed by atoms with Crippen LogP contribution < -0.4 is 4.74 Å². The Kier molecular flexibility index (Phi) is 4.50. The lowest BCUT2D eigenvalue weighted by atomic mass is 9.91. The number of para-hydroxylation sites is 1. The van der Waals surface area contributed by atoms with Crippen molar-refractivity contribution in [1.82, 2.24) is 19.9 Å². The molecule has 6 heteroatoms. The second kappa shape index (κ2) is 7.09. The first-order valence-electron chi connectivity index (χ1n) is 8.82. The molecule has 1 aliphatic carbocycles. The minimum Gasteiger partial charge on any atom is -0.487 e. The number of likely N-dealkylation sites (tertiary alicyclic amines) is 1. The molecule has 0 N–H and O–H groups in total. The molecule has 1 unspecified atom stereocenters. The van der Waals surface area contributed by atoms with Gasteiger partial charge in [0.1, 0.15) is 18.1 Å². The molecule has 1 aliphatic heterocycles. The number of hydrogen-bond acceptors (Lipinski definition) is 4. The number of hydrogen-bond donors (Lipinski definition) is 0. The molecule has 0 bridgehead atoms. The van der Waals surface area contributed by atoms with E-state index in [4.69, 9.17) is 4.74 Å². The van der Waals surface area contributed by atoms with E-state index in [0.717, 1.165) is 43.8 Å². The zero-order valence-corrected chi connectivity index (χ0v) is 14.1. The van der Waals surface area contributed by atoms with Gasteiger partial charge in [0.15, 0.2) is 0 Å². The molecule has 6 nitrogen and oxygen atoms in total. The van der Waals surface area contributed by atoms with E-state index < -0.39 is 0 Å². The molecule has 1 amide bonds. The number of nitrogens with zero attached hydrogens (tertiary/aromatic N) is 4. The van der Waals surface area contributed by atoms with Crippen molar-refractivity contribution in [3.63, 3.8) is 0 Å². The lowest BCUT2D eigenvalue weighted by Gasteiger charge is -2.40. The summed E-state index contributed by atoms with van der Waals surface area (Å²) < 4.78 is 7.54. The average Bonchev–Trinajstić information content (AvgIpc) is 3.09. The van der Waals surface area contributed by atoms with E-state index in [9.17, 15) is 4.79 Å². The Balaban J connectivity index is 1.27. The van der Waals surface area contributed by atoms with Gasteiger partial charge in [-0.25, -0.2) is 4.68 Å².